The van der Waals surface area contributed by atoms with E-state index in [0.717, 1.165) is 0 Å². The fourth-order valence-electron chi connectivity index (χ4n) is 0.729. The van der Waals surface area contributed by atoms with E-state index >= 15 is 0 Å². The quantitative estimate of drug-likeness (QED) is 0.555. The summed E-state index contributed by atoms with van der Waals surface area (Å²) in [6, 6.07) is 1.19. The highest BCUT2D eigenvalue weighted by atomic mass is 79.9. The summed E-state index contributed by atoms with van der Waals surface area (Å²) in [6.07, 6.45) is 0. The van der Waals surface area contributed by atoms with Gasteiger partial charge in [-0.05, 0) is 34.5 Å². The molecule has 0 radical (unpaired) electrons. The lowest BCUT2D eigenvalue weighted by atomic mass is 10.2. The van der Waals surface area contributed by atoms with E-state index in [1.807, 2.05) is 13.8 Å². The maximum atomic E-state index is 12.8. The van der Waals surface area contributed by atoms with E-state index in [-0.39, 0.29) is 5.69 Å². The van der Waals surface area contributed by atoms with E-state index in [9.17, 15) is 4.39 Å². The minimum absolute atomic E-state index is 0.140. The molecule has 0 spiro atoms. The van der Waals surface area contributed by atoms with Gasteiger partial charge in [-0.2, -0.15) is 0 Å². The van der Waals surface area contributed by atoms with Gasteiger partial charge in [0.2, 0.25) is 0 Å². The lowest BCUT2D eigenvalue weighted by Gasteiger charge is -2.05. The molecule has 0 saturated carbocycles. The molecule has 0 amide bonds. The molecule has 0 saturated heterocycles. The number of nitrogens with two attached hydrogens (primary N) is 1. The predicted octanol–water partition coefficient (Wildman–Crippen LogP) is 4.16. The Labute approximate surface area is 91.2 Å². The number of nitrogen functional groups attached to an aromatic ring is 1. The van der Waals surface area contributed by atoms with Crippen molar-refractivity contribution in [2.24, 2.45) is 0 Å². The van der Waals surface area contributed by atoms with E-state index in [0.29, 0.717) is 15.1 Å². The summed E-state index contributed by atoms with van der Waals surface area (Å²) in [7, 11) is 0. The van der Waals surface area contributed by atoms with Gasteiger partial charge in [0.15, 0.2) is 0 Å². The highest BCUT2D eigenvalue weighted by molar-refractivity contribution is 9.10. The first-order valence-corrected chi connectivity index (χ1v) is 5.10. The zero-order chi connectivity index (χ0) is 10.6. The molecule has 2 N–H and O–H groups in total. The van der Waals surface area contributed by atoms with Crippen molar-refractivity contribution in [2.45, 2.75) is 20.8 Å². The molecule has 0 atom stereocenters. The van der Waals surface area contributed by atoms with Crippen LogP contribution < -0.4 is 5.73 Å². The van der Waals surface area contributed by atoms with Crippen molar-refractivity contribution < 1.29 is 4.39 Å². The Bertz CT molecular complexity index is 276. The van der Waals surface area contributed by atoms with Crippen molar-refractivity contribution in [3.05, 3.63) is 26.9 Å². The molecule has 13 heavy (non-hydrogen) atoms. The molecule has 0 aliphatic carbocycles. The van der Waals surface area contributed by atoms with Crippen LogP contribution in [0.1, 0.15) is 19.4 Å². The third-order valence-corrected chi connectivity index (χ3v) is 3.00. The average molecular weight is 269 g/mol. The SMILES string of the molecule is CC.Cc1c(N)c(F)cc(Cl)c1Br. The Morgan fingerprint density at radius 1 is 1.46 bits per heavy atom. The molecule has 1 rings (SSSR count). The second kappa shape index (κ2) is 5.45. The first-order valence-electron chi connectivity index (χ1n) is 3.93. The van der Waals surface area contributed by atoms with Crippen LogP contribution in [0.3, 0.4) is 0 Å². The van der Waals surface area contributed by atoms with Gasteiger partial charge in [-0.25, -0.2) is 4.39 Å². The number of rotatable bonds is 0. The third-order valence-electron chi connectivity index (χ3n) is 1.45. The lowest BCUT2D eigenvalue weighted by Crippen LogP contribution is -1.95. The number of anilines is 1. The second-order valence-corrected chi connectivity index (χ2v) is 3.39. The van der Waals surface area contributed by atoms with Crippen LogP contribution in [0.25, 0.3) is 0 Å². The third kappa shape index (κ3) is 2.85. The lowest BCUT2D eigenvalue weighted by molar-refractivity contribution is 0.631. The van der Waals surface area contributed by atoms with Crippen LogP contribution >= 0.6 is 27.5 Å². The first-order chi connectivity index (χ1) is 6.04. The fourth-order valence-corrected chi connectivity index (χ4v) is 1.29. The van der Waals surface area contributed by atoms with Crippen LogP contribution in [0.2, 0.25) is 5.02 Å². The smallest absolute Gasteiger partial charge is 0.147 e. The summed E-state index contributed by atoms with van der Waals surface area (Å²) < 4.78 is 13.4. The molecular weight excluding hydrogens is 256 g/mol. The van der Waals surface area contributed by atoms with Gasteiger partial charge in [0, 0.05) is 4.47 Å². The number of hydrogen-bond acceptors (Lipinski definition) is 1. The van der Waals surface area contributed by atoms with Gasteiger partial charge >= 0.3 is 0 Å². The van der Waals surface area contributed by atoms with E-state index in [4.69, 9.17) is 17.3 Å². The van der Waals surface area contributed by atoms with Crippen molar-refractivity contribution in [3.8, 4) is 0 Å². The van der Waals surface area contributed by atoms with Crippen LogP contribution in [0.4, 0.5) is 10.1 Å². The minimum atomic E-state index is -0.476. The molecule has 0 aromatic heterocycles. The Morgan fingerprint density at radius 2 is 1.92 bits per heavy atom. The van der Waals surface area contributed by atoms with Crippen molar-refractivity contribution in [1.29, 1.82) is 0 Å². The molecule has 1 aromatic carbocycles. The summed E-state index contributed by atoms with van der Waals surface area (Å²) in [5.41, 5.74) is 6.16. The Kier molecular flexibility index (Phi) is 5.33. The van der Waals surface area contributed by atoms with Gasteiger partial charge in [0.1, 0.15) is 5.82 Å². The van der Waals surface area contributed by atoms with E-state index < -0.39 is 5.82 Å². The average Bonchev–Trinajstić information content (AvgIpc) is 2.15. The molecule has 0 fully saturated rings. The molecule has 0 heterocycles. The summed E-state index contributed by atoms with van der Waals surface area (Å²) in [4.78, 5) is 0. The molecule has 1 aromatic rings. The maximum Gasteiger partial charge on any atom is 0.147 e. The van der Waals surface area contributed by atoms with Gasteiger partial charge in [-0.3, -0.25) is 0 Å². The highest BCUT2D eigenvalue weighted by Gasteiger charge is 2.08. The van der Waals surface area contributed by atoms with Crippen molar-refractivity contribution in [1.82, 2.24) is 0 Å². The molecule has 1 nitrogen and oxygen atoms in total. The molecule has 0 bridgehead atoms. The Morgan fingerprint density at radius 3 is 2.38 bits per heavy atom. The standard InChI is InChI=1S/C7H6BrClFN.C2H6/c1-3-6(8)4(9)2-5(10)7(3)11;1-2/h2H,11H2,1H3;1-2H3. The van der Waals surface area contributed by atoms with Crippen LogP contribution in [0, 0.1) is 12.7 Å². The van der Waals surface area contributed by atoms with Crippen molar-refractivity contribution in [2.75, 3.05) is 5.73 Å². The summed E-state index contributed by atoms with van der Waals surface area (Å²) in [5, 5.41) is 0.342. The molecule has 0 unspecified atom stereocenters. The molecule has 4 heteroatoms. The van der Waals surface area contributed by atoms with Crippen molar-refractivity contribution >= 4 is 33.2 Å². The minimum Gasteiger partial charge on any atom is -0.396 e. The van der Waals surface area contributed by atoms with E-state index in [1.54, 1.807) is 6.92 Å². The summed E-state index contributed by atoms with van der Waals surface area (Å²) >= 11 is 8.83. The van der Waals surface area contributed by atoms with Crippen LogP contribution in [0.5, 0.6) is 0 Å². The van der Waals surface area contributed by atoms with E-state index in [2.05, 4.69) is 15.9 Å². The molecule has 0 aliphatic heterocycles. The van der Waals surface area contributed by atoms with Crippen LogP contribution in [0.15, 0.2) is 10.5 Å². The topological polar surface area (TPSA) is 26.0 Å². The molecule has 74 valence electrons. The monoisotopic (exact) mass is 267 g/mol. The van der Waals surface area contributed by atoms with Gasteiger partial charge in [0.25, 0.3) is 0 Å². The highest BCUT2D eigenvalue weighted by Crippen LogP contribution is 2.31. The number of benzene rings is 1. The Hall–Kier alpha value is -0.280. The number of hydrogen-bond donors (Lipinski definition) is 1. The molecular formula is C9H12BrClFN. The summed E-state index contributed by atoms with van der Waals surface area (Å²) in [5.74, 6) is -0.476. The second-order valence-electron chi connectivity index (χ2n) is 2.19. The summed E-state index contributed by atoms with van der Waals surface area (Å²) in [6.45, 7) is 5.70. The number of halogens is 3. The largest absolute Gasteiger partial charge is 0.396 e. The van der Waals surface area contributed by atoms with E-state index in [1.165, 1.54) is 6.07 Å². The fraction of sp³-hybridized carbons (Fsp3) is 0.333. The van der Waals surface area contributed by atoms with Crippen LogP contribution in [-0.2, 0) is 0 Å². The maximum absolute atomic E-state index is 12.8. The van der Waals surface area contributed by atoms with Crippen LogP contribution in [-0.4, -0.2) is 0 Å². The van der Waals surface area contributed by atoms with Gasteiger partial charge in [-0.15, -0.1) is 0 Å². The predicted molar refractivity (Wildman–Crippen MR) is 59.6 cm³/mol. The van der Waals surface area contributed by atoms with Gasteiger partial charge in [-0.1, -0.05) is 25.4 Å². The van der Waals surface area contributed by atoms with Gasteiger partial charge < -0.3 is 5.73 Å². The normalized spacial score (nSPS) is 9.08. The Balaban J connectivity index is 0.000000671. The van der Waals surface area contributed by atoms with Gasteiger partial charge in [0.05, 0.1) is 10.7 Å². The molecule has 0 aliphatic rings. The van der Waals surface area contributed by atoms with Crippen molar-refractivity contribution in [3.63, 3.8) is 0 Å². The first kappa shape index (κ1) is 12.7. The zero-order valence-corrected chi connectivity index (χ0v) is 10.1. The zero-order valence-electron chi connectivity index (χ0n) is 7.79.